The Balaban J connectivity index is 1.48. The Morgan fingerprint density at radius 2 is 1.82 bits per heavy atom. The fourth-order valence-electron chi connectivity index (χ4n) is 4.21. The first-order chi connectivity index (χ1) is 15.7. The number of sulfonamides is 1. The molecule has 2 aliphatic rings. The molecule has 33 heavy (non-hydrogen) atoms. The van der Waals surface area contributed by atoms with Crippen molar-refractivity contribution >= 4 is 33.4 Å². The maximum atomic E-state index is 13.1. The molecule has 0 bridgehead atoms. The molecule has 2 aromatic rings. The molecule has 1 N–H and O–H groups in total. The number of hydrogen-bond acceptors (Lipinski definition) is 5. The summed E-state index contributed by atoms with van der Waals surface area (Å²) in [5.41, 5.74) is 1.07. The Labute approximate surface area is 197 Å². The fraction of sp³-hybridized carbons (Fsp3) is 0.409. The van der Waals surface area contributed by atoms with E-state index in [0.29, 0.717) is 23.6 Å². The first-order valence-corrected chi connectivity index (χ1v) is 12.7. The largest absolute Gasteiger partial charge is 0.348 e. The van der Waals surface area contributed by atoms with Crippen LogP contribution in [0.1, 0.15) is 38.4 Å². The average molecular weight is 493 g/mol. The minimum absolute atomic E-state index is 0.0189. The van der Waals surface area contributed by atoms with Crippen LogP contribution in [0.4, 0.5) is 0 Å². The van der Waals surface area contributed by atoms with Gasteiger partial charge in [-0.05, 0) is 42.7 Å². The van der Waals surface area contributed by atoms with E-state index < -0.39 is 21.5 Å². The first-order valence-electron chi connectivity index (χ1n) is 10.7. The number of fused-ring (bicyclic) bond motifs is 1. The summed E-state index contributed by atoms with van der Waals surface area (Å²) >= 11 is 5.87. The molecule has 1 fully saturated rings. The number of rotatable bonds is 6. The molecule has 11 heteroatoms. The van der Waals surface area contributed by atoms with Crippen LogP contribution < -0.4 is 10.9 Å². The van der Waals surface area contributed by atoms with Crippen molar-refractivity contribution in [1.29, 1.82) is 0 Å². The number of aryl methyl sites for hydroxylation is 1. The predicted molar refractivity (Wildman–Crippen MR) is 124 cm³/mol. The van der Waals surface area contributed by atoms with E-state index in [-0.39, 0.29) is 55.6 Å². The topological polar surface area (TPSA) is 109 Å². The van der Waals surface area contributed by atoms with E-state index >= 15 is 0 Å². The number of pyridine rings is 1. The van der Waals surface area contributed by atoms with E-state index in [1.807, 2.05) is 0 Å². The molecule has 0 saturated carbocycles. The van der Waals surface area contributed by atoms with Gasteiger partial charge in [0.1, 0.15) is 11.3 Å². The standard InChI is InChI=1S/C22H25ClN4O5S/c1-15-13-18(20(28)24-14-16-3-5-17(23)6-4-16)21(29)27-11-9-25(22(30)19(15)27)8-10-26-7-2-12-33(26,31)32/h3-6,13H,2,7-12,14H2,1H3,(H,24,28). The van der Waals surface area contributed by atoms with Crippen molar-refractivity contribution in [2.45, 2.75) is 26.4 Å². The van der Waals surface area contributed by atoms with E-state index in [0.717, 1.165) is 5.56 Å². The smallest absolute Gasteiger partial charge is 0.270 e. The van der Waals surface area contributed by atoms with Crippen molar-refractivity contribution in [2.75, 3.05) is 31.9 Å². The summed E-state index contributed by atoms with van der Waals surface area (Å²) in [7, 11) is -3.23. The highest BCUT2D eigenvalue weighted by Crippen LogP contribution is 2.18. The van der Waals surface area contributed by atoms with Gasteiger partial charge in [0.15, 0.2) is 0 Å². The van der Waals surface area contributed by atoms with Gasteiger partial charge >= 0.3 is 0 Å². The van der Waals surface area contributed by atoms with Crippen molar-refractivity contribution in [3.63, 3.8) is 0 Å². The molecule has 1 saturated heterocycles. The molecule has 3 heterocycles. The second-order valence-electron chi connectivity index (χ2n) is 8.22. The Morgan fingerprint density at radius 1 is 1.09 bits per heavy atom. The van der Waals surface area contributed by atoms with Crippen LogP contribution >= 0.6 is 11.6 Å². The second kappa shape index (κ2) is 9.28. The van der Waals surface area contributed by atoms with Crippen LogP contribution in [0, 0.1) is 6.92 Å². The van der Waals surface area contributed by atoms with Crippen LogP contribution in [0.2, 0.25) is 5.02 Å². The van der Waals surface area contributed by atoms with Crippen LogP contribution in [0.5, 0.6) is 0 Å². The van der Waals surface area contributed by atoms with Gasteiger partial charge in [0.25, 0.3) is 17.4 Å². The molecule has 4 rings (SSSR count). The van der Waals surface area contributed by atoms with Crippen LogP contribution in [-0.4, -0.2) is 65.9 Å². The van der Waals surface area contributed by atoms with Gasteiger partial charge < -0.3 is 14.8 Å². The van der Waals surface area contributed by atoms with Crippen molar-refractivity contribution in [2.24, 2.45) is 0 Å². The number of halogens is 1. The molecule has 9 nitrogen and oxygen atoms in total. The van der Waals surface area contributed by atoms with Crippen LogP contribution in [0.25, 0.3) is 0 Å². The number of amides is 2. The highest BCUT2D eigenvalue weighted by molar-refractivity contribution is 7.89. The number of aromatic nitrogens is 1. The molecule has 2 aliphatic heterocycles. The fourth-order valence-corrected chi connectivity index (χ4v) is 5.85. The molecule has 2 amide bonds. The Kier molecular flexibility index (Phi) is 6.60. The van der Waals surface area contributed by atoms with E-state index in [1.54, 1.807) is 36.1 Å². The van der Waals surface area contributed by atoms with E-state index in [9.17, 15) is 22.8 Å². The minimum Gasteiger partial charge on any atom is -0.348 e. The number of carbonyl (C=O) groups is 2. The number of benzene rings is 1. The zero-order valence-corrected chi connectivity index (χ0v) is 19.8. The molecule has 1 aromatic heterocycles. The maximum Gasteiger partial charge on any atom is 0.270 e. The van der Waals surface area contributed by atoms with Crippen LogP contribution in [-0.2, 0) is 23.1 Å². The van der Waals surface area contributed by atoms with Crippen molar-refractivity contribution < 1.29 is 18.0 Å². The average Bonchev–Trinajstić information content (AvgIpc) is 3.12. The van der Waals surface area contributed by atoms with E-state index in [4.69, 9.17) is 11.6 Å². The third kappa shape index (κ3) is 4.83. The summed E-state index contributed by atoms with van der Waals surface area (Å²) in [6, 6.07) is 8.45. The normalized spacial score (nSPS) is 17.8. The number of nitrogens with zero attached hydrogens (tertiary/aromatic N) is 3. The maximum absolute atomic E-state index is 13.1. The Morgan fingerprint density at radius 3 is 2.48 bits per heavy atom. The van der Waals surface area contributed by atoms with Crippen LogP contribution in [0.3, 0.4) is 0 Å². The molecule has 1 aromatic carbocycles. The minimum atomic E-state index is -3.23. The molecule has 0 unspecified atom stereocenters. The van der Waals surface area contributed by atoms with Gasteiger partial charge in [-0.1, -0.05) is 23.7 Å². The summed E-state index contributed by atoms with van der Waals surface area (Å²) < 4.78 is 26.8. The van der Waals surface area contributed by atoms with Gasteiger partial charge in [-0.25, -0.2) is 12.7 Å². The quantitative estimate of drug-likeness (QED) is 0.652. The van der Waals surface area contributed by atoms with Gasteiger partial charge in [0.05, 0.1) is 5.75 Å². The molecule has 0 spiro atoms. The van der Waals surface area contributed by atoms with Crippen molar-refractivity contribution in [1.82, 2.24) is 19.1 Å². The molecular formula is C22H25ClN4O5S. The molecule has 0 radical (unpaired) electrons. The monoisotopic (exact) mass is 492 g/mol. The lowest BCUT2D eigenvalue weighted by Gasteiger charge is -2.31. The summed E-state index contributed by atoms with van der Waals surface area (Å²) in [5, 5.41) is 3.33. The lowest BCUT2D eigenvalue weighted by atomic mass is 10.1. The predicted octanol–water partition coefficient (Wildman–Crippen LogP) is 1.23. The van der Waals surface area contributed by atoms with Crippen molar-refractivity contribution in [3.05, 3.63) is 68.1 Å². The molecule has 176 valence electrons. The summed E-state index contributed by atoms with van der Waals surface area (Å²) in [6.45, 7) is 3.40. The lowest BCUT2D eigenvalue weighted by molar-refractivity contribution is 0.0690. The van der Waals surface area contributed by atoms with Gasteiger partial charge in [-0.3, -0.25) is 14.4 Å². The Hall–Kier alpha value is -2.69. The summed E-state index contributed by atoms with van der Waals surface area (Å²) in [4.78, 5) is 40.3. The molecule has 0 atom stereocenters. The highest BCUT2D eigenvalue weighted by atomic mass is 35.5. The number of hydrogen-bond donors (Lipinski definition) is 1. The first kappa shape index (κ1) is 23.5. The zero-order chi connectivity index (χ0) is 23.8. The number of carbonyl (C=O) groups excluding carboxylic acids is 2. The zero-order valence-electron chi connectivity index (χ0n) is 18.2. The Bertz CT molecular complexity index is 1260. The SMILES string of the molecule is Cc1cc(C(=O)NCc2ccc(Cl)cc2)c(=O)n2c1C(=O)N(CCN1CCCS1(=O)=O)CC2. The van der Waals surface area contributed by atoms with Gasteiger partial charge in [-0.2, -0.15) is 0 Å². The summed E-state index contributed by atoms with van der Waals surface area (Å²) in [5.74, 6) is -0.704. The molecular weight excluding hydrogens is 468 g/mol. The van der Waals surface area contributed by atoms with Crippen LogP contribution in [0.15, 0.2) is 35.1 Å². The van der Waals surface area contributed by atoms with E-state index in [1.165, 1.54) is 14.9 Å². The third-order valence-corrected chi connectivity index (χ3v) is 8.21. The van der Waals surface area contributed by atoms with E-state index in [2.05, 4.69) is 5.32 Å². The second-order valence-corrected chi connectivity index (χ2v) is 10.7. The van der Waals surface area contributed by atoms with Gasteiger partial charge in [-0.15, -0.1) is 0 Å². The van der Waals surface area contributed by atoms with Crippen molar-refractivity contribution in [3.8, 4) is 0 Å². The highest BCUT2D eigenvalue weighted by Gasteiger charge is 2.32. The summed E-state index contributed by atoms with van der Waals surface area (Å²) in [6.07, 6.45) is 0.594. The third-order valence-electron chi connectivity index (χ3n) is 6.00. The lowest BCUT2D eigenvalue weighted by Crippen LogP contribution is -2.48. The molecule has 0 aliphatic carbocycles. The number of nitrogens with one attached hydrogen (secondary N) is 1. The van der Waals surface area contributed by atoms with Gasteiger partial charge in [0.2, 0.25) is 10.0 Å². The van der Waals surface area contributed by atoms with Gasteiger partial charge in [0, 0.05) is 44.3 Å².